The van der Waals surface area contributed by atoms with Gasteiger partial charge in [-0.05, 0) is 48.5 Å². The maximum atomic E-state index is 12.3. The summed E-state index contributed by atoms with van der Waals surface area (Å²) in [4.78, 5) is 12.3. The van der Waals surface area contributed by atoms with Crippen LogP contribution in [0.5, 0.6) is 11.5 Å². The minimum absolute atomic E-state index is 0.230. The Morgan fingerprint density at radius 2 is 1.88 bits per heavy atom. The van der Waals surface area contributed by atoms with Crippen molar-refractivity contribution < 1.29 is 18.7 Å². The molecule has 162 valence electrons. The number of ether oxygens (including phenoxy) is 2. The fourth-order valence-corrected chi connectivity index (χ4v) is 3.24. The van der Waals surface area contributed by atoms with Crippen molar-refractivity contribution >= 4 is 12.0 Å². The molecule has 0 radical (unpaired) electrons. The predicted molar refractivity (Wildman–Crippen MR) is 122 cm³/mol. The summed E-state index contributed by atoms with van der Waals surface area (Å²) in [5.41, 5.74) is 3.25. The van der Waals surface area contributed by atoms with Gasteiger partial charge in [-0.2, -0.15) is 5.10 Å². The number of furan rings is 1. The summed E-state index contributed by atoms with van der Waals surface area (Å²) in [6, 6.07) is 19.0. The third-order valence-electron chi connectivity index (χ3n) is 4.85. The minimum atomic E-state index is -0.230. The van der Waals surface area contributed by atoms with Gasteiger partial charge in [-0.15, -0.1) is 0 Å². The van der Waals surface area contributed by atoms with E-state index in [1.54, 1.807) is 37.3 Å². The fourth-order valence-electron chi connectivity index (χ4n) is 3.24. The van der Waals surface area contributed by atoms with Crippen molar-refractivity contribution in [1.29, 1.82) is 0 Å². The number of carbonyl (C=O) groups is 1. The molecule has 1 amide bonds. The fraction of sp³-hybridized carbons (Fsp3) is 0.120. The van der Waals surface area contributed by atoms with Crippen LogP contribution in [0.1, 0.15) is 11.3 Å². The molecule has 7 heteroatoms. The van der Waals surface area contributed by atoms with Gasteiger partial charge in [0.15, 0.2) is 11.5 Å². The van der Waals surface area contributed by atoms with Crippen LogP contribution in [0.15, 0.2) is 83.6 Å². The Labute approximate surface area is 185 Å². The second kappa shape index (κ2) is 9.70. The molecule has 0 fully saturated rings. The Morgan fingerprint density at radius 3 is 2.59 bits per heavy atom. The van der Waals surface area contributed by atoms with Crippen molar-refractivity contribution in [3.05, 3.63) is 90.5 Å². The third kappa shape index (κ3) is 4.73. The Bertz CT molecular complexity index is 1210. The van der Waals surface area contributed by atoms with Crippen molar-refractivity contribution in [2.24, 2.45) is 0 Å². The molecule has 7 nitrogen and oxygen atoms in total. The number of hydrogen-bond acceptors (Lipinski definition) is 5. The lowest BCUT2D eigenvalue weighted by atomic mass is 10.1. The van der Waals surface area contributed by atoms with E-state index in [9.17, 15) is 4.79 Å². The number of nitrogens with one attached hydrogen (secondary N) is 1. The molecule has 0 saturated heterocycles. The number of para-hydroxylation sites is 1. The van der Waals surface area contributed by atoms with Crippen LogP contribution in [0.4, 0.5) is 0 Å². The van der Waals surface area contributed by atoms with Gasteiger partial charge < -0.3 is 19.2 Å². The Kier molecular flexibility index (Phi) is 6.36. The van der Waals surface area contributed by atoms with E-state index in [4.69, 9.17) is 19.0 Å². The van der Waals surface area contributed by atoms with E-state index in [1.165, 1.54) is 6.08 Å². The van der Waals surface area contributed by atoms with Crippen LogP contribution in [0.3, 0.4) is 0 Å². The van der Waals surface area contributed by atoms with Crippen LogP contribution in [0.25, 0.3) is 23.0 Å². The molecule has 0 spiro atoms. The van der Waals surface area contributed by atoms with Crippen molar-refractivity contribution in [3.63, 3.8) is 0 Å². The van der Waals surface area contributed by atoms with Crippen LogP contribution in [-0.4, -0.2) is 29.9 Å². The molecular weight excluding hydrogens is 406 g/mol. The number of aromatic nitrogens is 2. The van der Waals surface area contributed by atoms with E-state index in [0.29, 0.717) is 29.5 Å². The normalized spacial score (nSPS) is 10.9. The third-order valence-corrected chi connectivity index (χ3v) is 4.85. The molecule has 0 aliphatic rings. The summed E-state index contributed by atoms with van der Waals surface area (Å²) in [6.07, 6.45) is 6.69. The second-order valence-corrected chi connectivity index (χ2v) is 6.91. The maximum Gasteiger partial charge on any atom is 0.244 e. The molecule has 2 aromatic heterocycles. The summed E-state index contributed by atoms with van der Waals surface area (Å²) in [6.45, 7) is 0.321. The van der Waals surface area contributed by atoms with Crippen molar-refractivity contribution in [3.8, 4) is 28.4 Å². The minimum Gasteiger partial charge on any atom is -0.493 e. The first-order valence-corrected chi connectivity index (χ1v) is 10.0. The van der Waals surface area contributed by atoms with Gasteiger partial charge in [0.25, 0.3) is 0 Å². The molecule has 2 heterocycles. The van der Waals surface area contributed by atoms with Gasteiger partial charge in [-0.3, -0.25) is 4.79 Å². The van der Waals surface area contributed by atoms with Gasteiger partial charge in [0, 0.05) is 23.4 Å². The van der Waals surface area contributed by atoms with Crippen LogP contribution in [-0.2, 0) is 11.3 Å². The summed E-state index contributed by atoms with van der Waals surface area (Å²) >= 11 is 0. The number of rotatable bonds is 8. The SMILES string of the molecule is COc1ccc(-c2nn(-c3ccccc3)cc2C=CC(=O)NCc2ccco2)cc1OC. The van der Waals surface area contributed by atoms with Crippen LogP contribution < -0.4 is 14.8 Å². The lowest BCUT2D eigenvalue weighted by Crippen LogP contribution is -2.19. The molecule has 0 unspecified atom stereocenters. The van der Waals surface area contributed by atoms with E-state index in [1.807, 2.05) is 60.8 Å². The van der Waals surface area contributed by atoms with Gasteiger partial charge in [-0.25, -0.2) is 4.68 Å². The Balaban J connectivity index is 1.65. The van der Waals surface area contributed by atoms with Crippen molar-refractivity contribution in [2.45, 2.75) is 6.54 Å². The molecule has 0 bridgehead atoms. The van der Waals surface area contributed by atoms with Gasteiger partial charge in [0.1, 0.15) is 11.5 Å². The summed E-state index contributed by atoms with van der Waals surface area (Å²) in [5, 5.41) is 7.57. The van der Waals surface area contributed by atoms with E-state index >= 15 is 0 Å². The van der Waals surface area contributed by atoms with Crippen molar-refractivity contribution in [2.75, 3.05) is 14.2 Å². The van der Waals surface area contributed by atoms with Crippen LogP contribution in [0.2, 0.25) is 0 Å². The topological polar surface area (TPSA) is 78.5 Å². The highest BCUT2D eigenvalue weighted by atomic mass is 16.5. The maximum absolute atomic E-state index is 12.3. The average Bonchev–Trinajstić information content (AvgIpc) is 3.51. The summed E-state index contributed by atoms with van der Waals surface area (Å²) in [7, 11) is 3.19. The number of nitrogens with zero attached hydrogens (tertiary/aromatic N) is 2. The second-order valence-electron chi connectivity index (χ2n) is 6.91. The largest absolute Gasteiger partial charge is 0.493 e. The molecular formula is C25H23N3O4. The van der Waals surface area contributed by atoms with E-state index in [-0.39, 0.29) is 5.91 Å². The van der Waals surface area contributed by atoms with Gasteiger partial charge in [-0.1, -0.05) is 18.2 Å². The molecule has 4 rings (SSSR count). The van der Waals surface area contributed by atoms with Crippen LogP contribution in [0, 0.1) is 0 Å². The van der Waals surface area contributed by atoms with Gasteiger partial charge in [0.2, 0.25) is 5.91 Å². The zero-order valence-corrected chi connectivity index (χ0v) is 17.8. The van der Waals surface area contributed by atoms with E-state index in [0.717, 1.165) is 16.8 Å². The van der Waals surface area contributed by atoms with Crippen LogP contribution >= 0.6 is 0 Å². The van der Waals surface area contributed by atoms with E-state index in [2.05, 4.69) is 5.32 Å². The number of hydrogen-bond donors (Lipinski definition) is 1. The molecule has 0 aliphatic carbocycles. The molecule has 0 aliphatic heterocycles. The highest BCUT2D eigenvalue weighted by molar-refractivity contribution is 5.92. The standard InChI is InChI=1S/C25H23N3O4/c1-30-22-12-10-18(15-23(22)31-2)25-19(17-28(27-25)20-7-4-3-5-8-20)11-13-24(29)26-16-21-9-6-14-32-21/h3-15,17H,16H2,1-2H3,(H,26,29). The molecule has 0 saturated carbocycles. The number of benzene rings is 2. The Hall–Kier alpha value is -4.26. The first kappa shape index (κ1) is 21.0. The average molecular weight is 429 g/mol. The molecule has 4 aromatic rings. The summed E-state index contributed by atoms with van der Waals surface area (Å²) in [5.74, 6) is 1.69. The number of methoxy groups -OCH3 is 2. The monoisotopic (exact) mass is 429 g/mol. The van der Waals surface area contributed by atoms with Gasteiger partial charge >= 0.3 is 0 Å². The zero-order valence-electron chi connectivity index (χ0n) is 17.8. The number of carbonyl (C=O) groups excluding carboxylic acids is 1. The lowest BCUT2D eigenvalue weighted by Gasteiger charge is -2.09. The van der Waals surface area contributed by atoms with E-state index < -0.39 is 0 Å². The highest BCUT2D eigenvalue weighted by Gasteiger charge is 2.14. The lowest BCUT2D eigenvalue weighted by molar-refractivity contribution is -0.116. The molecule has 2 aromatic carbocycles. The Morgan fingerprint density at radius 1 is 1.06 bits per heavy atom. The zero-order chi connectivity index (χ0) is 22.3. The molecule has 32 heavy (non-hydrogen) atoms. The molecule has 0 atom stereocenters. The number of amides is 1. The van der Waals surface area contributed by atoms with Crippen molar-refractivity contribution in [1.82, 2.24) is 15.1 Å². The highest BCUT2D eigenvalue weighted by Crippen LogP contribution is 2.33. The quantitative estimate of drug-likeness (QED) is 0.418. The van der Waals surface area contributed by atoms with Gasteiger partial charge in [0.05, 0.1) is 32.7 Å². The predicted octanol–water partition coefficient (Wildman–Crippen LogP) is 4.48. The smallest absolute Gasteiger partial charge is 0.244 e. The first-order chi connectivity index (χ1) is 15.7. The first-order valence-electron chi connectivity index (χ1n) is 10.0. The summed E-state index contributed by atoms with van der Waals surface area (Å²) < 4.78 is 17.8. The molecule has 1 N–H and O–H groups in total.